The maximum absolute atomic E-state index is 5.44. The van der Waals surface area contributed by atoms with Crippen molar-refractivity contribution in [2.24, 2.45) is 5.10 Å². The Balaban J connectivity index is 0.000001000. The molecule has 1 aromatic heterocycles. The van der Waals surface area contributed by atoms with Crippen molar-refractivity contribution < 1.29 is 32.7 Å². The Labute approximate surface area is 90.7 Å². The quantitative estimate of drug-likeness (QED) is 0.552. The molecule has 5 heteroatoms. The molecule has 11 heavy (non-hydrogen) atoms. The van der Waals surface area contributed by atoms with Gasteiger partial charge in [0, 0.05) is 32.7 Å². The smallest absolute Gasteiger partial charge is 0 e. The van der Waals surface area contributed by atoms with Crippen molar-refractivity contribution in [2.75, 3.05) is 5.73 Å². The summed E-state index contributed by atoms with van der Waals surface area (Å²) in [6.45, 7) is 3.48. The summed E-state index contributed by atoms with van der Waals surface area (Å²) in [5.41, 5.74) is 6.71. The SMILES string of the molecule is C[C-]=Nn1[c-]c(N)c(C)n1.[Y]. The molecule has 0 amide bonds. The average Bonchev–Trinajstić information content (AvgIpc) is 2.14. The molecule has 0 fully saturated rings. The van der Waals surface area contributed by atoms with Gasteiger partial charge in [0.15, 0.2) is 0 Å². The van der Waals surface area contributed by atoms with Crippen LogP contribution in [0, 0.1) is 13.1 Å². The fourth-order valence-corrected chi connectivity index (χ4v) is 0.552. The Morgan fingerprint density at radius 2 is 2.36 bits per heavy atom. The largest absolute Gasteiger partial charge is 0.428 e. The van der Waals surface area contributed by atoms with Crippen LogP contribution in [0.2, 0.25) is 0 Å². The maximum atomic E-state index is 5.44. The van der Waals surface area contributed by atoms with Gasteiger partial charge in [-0.3, -0.25) is 5.10 Å². The average molecular weight is 225 g/mol. The summed E-state index contributed by atoms with van der Waals surface area (Å²) in [5, 5.41) is 7.62. The molecule has 0 aliphatic heterocycles. The fraction of sp³-hybridized carbons (Fsp3) is 0.333. The van der Waals surface area contributed by atoms with E-state index in [0.29, 0.717) is 5.69 Å². The standard InChI is InChI=1S/C6H8N4.Y/c1-3-8-10-4-6(7)5(2)9-10;/h7H2,1-2H3;/q-2;. The van der Waals surface area contributed by atoms with Crippen molar-refractivity contribution in [2.45, 2.75) is 13.8 Å². The van der Waals surface area contributed by atoms with Crippen LogP contribution in [-0.4, -0.2) is 16.1 Å². The fourth-order valence-electron chi connectivity index (χ4n) is 0.552. The first-order chi connectivity index (χ1) is 4.74. The van der Waals surface area contributed by atoms with Gasteiger partial charge in [-0.2, -0.15) is 6.92 Å². The second-order valence-corrected chi connectivity index (χ2v) is 1.82. The van der Waals surface area contributed by atoms with E-state index < -0.39 is 0 Å². The Bertz CT molecular complexity index is 234. The molecule has 0 spiro atoms. The summed E-state index contributed by atoms with van der Waals surface area (Å²) in [6.07, 6.45) is 5.26. The molecular weight excluding hydrogens is 217 g/mol. The zero-order chi connectivity index (χ0) is 7.56. The minimum Gasteiger partial charge on any atom is -0.428 e. The van der Waals surface area contributed by atoms with Crippen LogP contribution in [0.3, 0.4) is 0 Å². The Kier molecular flexibility index (Phi) is 4.53. The van der Waals surface area contributed by atoms with Crippen LogP contribution in [0.5, 0.6) is 0 Å². The Morgan fingerprint density at radius 1 is 1.73 bits per heavy atom. The topological polar surface area (TPSA) is 56.2 Å². The number of aromatic nitrogens is 2. The van der Waals surface area contributed by atoms with Gasteiger partial charge in [-0.25, -0.2) is 0 Å². The Morgan fingerprint density at radius 3 is 2.73 bits per heavy atom. The first-order valence-electron chi connectivity index (χ1n) is 2.86. The van der Waals surface area contributed by atoms with Gasteiger partial charge in [-0.05, 0) is 0 Å². The zero-order valence-corrected chi connectivity index (χ0v) is 9.33. The van der Waals surface area contributed by atoms with Gasteiger partial charge in [-0.1, -0.05) is 24.5 Å². The second kappa shape index (κ2) is 4.62. The van der Waals surface area contributed by atoms with Gasteiger partial charge in [0.2, 0.25) is 0 Å². The van der Waals surface area contributed by atoms with E-state index in [1.807, 2.05) is 0 Å². The molecule has 0 saturated heterocycles. The summed E-state index contributed by atoms with van der Waals surface area (Å²) in [7, 11) is 0. The first-order valence-corrected chi connectivity index (χ1v) is 2.86. The van der Waals surface area contributed by atoms with E-state index in [1.54, 1.807) is 13.8 Å². The molecule has 0 aliphatic rings. The third-order valence-electron chi connectivity index (χ3n) is 1.05. The Hall–Kier alpha value is -0.216. The van der Waals surface area contributed by atoms with Gasteiger partial charge in [0.05, 0.1) is 0 Å². The number of nitrogens with zero attached hydrogens (tertiary/aromatic N) is 3. The predicted octanol–water partition coefficient (Wildman–Crippen LogP) is 0.302. The molecule has 0 atom stereocenters. The number of aryl methyl sites for hydroxylation is 1. The summed E-state index contributed by atoms with van der Waals surface area (Å²) >= 11 is 0. The third-order valence-corrected chi connectivity index (χ3v) is 1.05. The molecule has 1 heterocycles. The molecule has 0 aliphatic carbocycles. The van der Waals surface area contributed by atoms with Crippen LogP contribution < -0.4 is 5.73 Å². The molecular formula is C6H8N4Y-2. The monoisotopic (exact) mass is 225 g/mol. The number of hydrogen-bond donors (Lipinski definition) is 1. The van der Waals surface area contributed by atoms with Crippen molar-refractivity contribution >= 4 is 11.9 Å². The van der Waals surface area contributed by atoms with Crippen molar-refractivity contribution in [1.82, 2.24) is 9.89 Å². The van der Waals surface area contributed by atoms with E-state index in [1.165, 1.54) is 4.79 Å². The molecule has 0 aromatic carbocycles. The number of hydrogen-bond acceptors (Lipinski definition) is 3. The van der Waals surface area contributed by atoms with Crippen molar-refractivity contribution in [3.8, 4) is 0 Å². The van der Waals surface area contributed by atoms with E-state index >= 15 is 0 Å². The minimum absolute atomic E-state index is 0. The van der Waals surface area contributed by atoms with Gasteiger partial charge >= 0.3 is 0 Å². The number of rotatable bonds is 1. The van der Waals surface area contributed by atoms with Crippen LogP contribution >= 0.6 is 0 Å². The van der Waals surface area contributed by atoms with Gasteiger partial charge in [0.1, 0.15) is 0 Å². The zero-order valence-electron chi connectivity index (χ0n) is 6.50. The molecule has 0 unspecified atom stereocenters. The first kappa shape index (κ1) is 10.8. The number of nitrogens with two attached hydrogens (primary N) is 1. The summed E-state index contributed by atoms with van der Waals surface area (Å²) in [6, 6.07) is 0. The molecule has 0 saturated carbocycles. The van der Waals surface area contributed by atoms with E-state index in [4.69, 9.17) is 5.73 Å². The number of anilines is 1. The van der Waals surface area contributed by atoms with Gasteiger partial charge in [0.25, 0.3) is 0 Å². The molecule has 1 aromatic rings. The second-order valence-electron chi connectivity index (χ2n) is 1.82. The van der Waals surface area contributed by atoms with E-state index in [-0.39, 0.29) is 32.7 Å². The summed E-state index contributed by atoms with van der Waals surface area (Å²) < 4.78 is 0. The van der Waals surface area contributed by atoms with E-state index in [0.717, 1.165) is 5.69 Å². The summed E-state index contributed by atoms with van der Waals surface area (Å²) in [4.78, 5) is 1.27. The number of nitrogen functional groups attached to an aromatic ring is 1. The normalized spacial score (nSPS) is 10.0. The van der Waals surface area contributed by atoms with Crippen molar-refractivity contribution in [3.63, 3.8) is 0 Å². The predicted molar refractivity (Wildman–Crippen MR) is 38.7 cm³/mol. The van der Waals surface area contributed by atoms with Crippen LogP contribution in [-0.2, 0) is 32.7 Å². The van der Waals surface area contributed by atoms with E-state index in [2.05, 4.69) is 22.6 Å². The van der Waals surface area contributed by atoms with Gasteiger partial charge in [-0.15, -0.1) is 0 Å². The molecule has 0 bridgehead atoms. The van der Waals surface area contributed by atoms with Crippen molar-refractivity contribution in [1.29, 1.82) is 0 Å². The molecule has 57 valence electrons. The van der Waals surface area contributed by atoms with Crippen molar-refractivity contribution in [3.05, 3.63) is 11.9 Å². The molecule has 1 rings (SSSR count). The van der Waals surface area contributed by atoms with Gasteiger partial charge < -0.3 is 21.8 Å². The minimum atomic E-state index is 0. The van der Waals surface area contributed by atoms with Crippen LogP contribution in [0.4, 0.5) is 5.69 Å². The van der Waals surface area contributed by atoms with E-state index in [9.17, 15) is 0 Å². The molecule has 2 N–H and O–H groups in total. The van der Waals surface area contributed by atoms with Crippen LogP contribution in [0.15, 0.2) is 5.10 Å². The van der Waals surface area contributed by atoms with Crippen LogP contribution in [0.25, 0.3) is 0 Å². The molecule has 4 nitrogen and oxygen atoms in total. The maximum Gasteiger partial charge on any atom is 0 e. The third kappa shape index (κ3) is 2.71. The molecule has 1 radical (unpaired) electrons. The van der Waals surface area contributed by atoms with Crippen LogP contribution in [0.1, 0.15) is 12.6 Å². The summed E-state index contributed by atoms with van der Waals surface area (Å²) in [5.74, 6) is 0.